The number of rotatable bonds is 6. The van der Waals surface area contributed by atoms with Crippen LogP contribution in [-0.4, -0.2) is 74.8 Å². The summed E-state index contributed by atoms with van der Waals surface area (Å²) in [6.45, 7) is 4.62. The normalized spacial score (nSPS) is 24.3. The monoisotopic (exact) mass is 380 g/mol. The second kappa shape index (κ2) is 8.06. The lowest BCUT2D eigenvalue weighted by molar-refractivity contribution is -0.129. The van der Waals surface area contributed by atoms with E-state index >= 15 is 0 Å². The maximum Gasteiger partial charge on any atom is 0.227 e. The molecule has 0 aliphatic carbocycles. The molecule has 0 radical (unpaired) electrons. The molecule has 1 N–H and O–H groups in total. The molecule has 0 spiro atoms. The number of nitrogens with zero attached hydrogens (tertiary/aromatic N) is 2. The topological polar surface area (TPSA) is 77.9 Å². The number of hydrogen-bond acceptors (Lipinski definition) is 5. The lowest BCUT2D eigenvalue weighted by Gasteiger charge is -2.22. The molecule has 0 unspecified atom stereocenters. The van der Waals surface area contributed by atoms with E-state index in [0.29, 0.717) is 19.0 Å². The lowest BCUT2D eigenvalue weighted by Crippen LogP contribution is -2.33. The SMILES string of the molecule is CS(=O)(=O)c1ccc(CC(=O)N2C[C@@H](CN3CCCC3)[C@@H](CO)C2)cc1. The fourth-order valence-electron chi connectivity index (χ4n) is 3.99. The van der Waals surface area contributed by atoms with Gasteiger partial charge in [0, 0.05) is 38.4 Å². The molecule has 0 bridgehead atoms. The summed E-state index contributed by atoms with van der Waals surface area (Å²) in [5.41, 5.74) is 0.811. The molecular formula is C19H28N2O4S. The Bertz CT molecular complexity index is 726. The van der Waals surface area contributed by atoms with Crippen LogP contribution in [0.1, 0.15) is 18.4 Å². The molecular weight excluding hydrogens is 352 g/mol. The van der Waals surface area contributed by atoms with Crippen LogP contribution in [0.15, 0.2) is 29.2 Å². The molecule has 2 aliphatic heterocycles. The van der Waals surface area contributed by atoms with Crippen LogP contribution in [0, 0.1) is 11.8 Å². The van der Waals surface area contributed by atoms with Gasteiger partial charge in [-0.25, -0.2) is 8.42 Å². The Kier molecular flexibility index (Phi) is 5.99. The van der Waals surface area contributed by atoms with Gasteiger partial charge in [-0.05, 0) is 49.5 Å². The summed E-state index contributed by atoms with van der Waals surface area (Å²) in [4.78, 5) is 17.2. The highest BCUT2D eigenvalue weighted by molar-refractivity contribution is 7.90. The molecule has 6 nitrogen and oxygen atoms in total. The van der Waals surface area contributed by atoms with Crippen molar-refractivity contribution >= 4 is 15.7 Å². The van der Waals surface area contributed by atoms with Crippen molar-refractivity contribution in [3.05, 3.63) is 29.8 Å². The summed E-state index contributed by atoms with van der Waals surface area (Å²) in [6.07, 6.45) is 3.91. The Morgan fingerprint density at radius 2 is 1.73 bits per heavy atom. The average molecular weight is 381 g/mol. The second-order valence-electron chi connectivity index (χ2n) is 7.60. The molecule has 2 atom stereocenters. The van der Waals surface area contributed by atoms with E-state index in [2.05, 4.69) is 4.90 Å². The highest BCUT2D eigenvalue weighted by Gasteiger charge is 2.35. The van der Waals surface area contributed by atoms with Gasteiger partial charge in [-0.3, -0.25) is 4.79 Å². The van der Waals surface area contributed by atoms with Crippen LogP contribution in [0.4, 0.5) is 0 Å². The molecule has 26 heavy (non-hydrogen) atoms. The van der Waals surface area contributed by atoms with Crippen LogP contribution in [0.2, 0.25) is 0 Å². The van der Waals surface area contributed by atoms with Gasteiger partial charge in [0.2, 0.25) is 5.91 Å². The first-order valence-electron chi connectivity index (χ1n) is 9.27. The molecule has 2 fully saturated rings. The zero-order valence-corrected chi connectivity index (χ0v) is 16.1. The molecule has 1 aromatic rings. The smallest absolute Gasteiger partial charge is 0.227 e. The fraction of sp³-hybridized carbons (Fsp3) is 0.632. The van der Waals surface area contributed by atoms with Crippen molar-refractivity contribution in [1.82, 2.24) is 9.80 Å². The van der Waals surface area contributed by atoms with Crippen molar-refractivity contribution < 1.29 is 18.3 Å². The van der Waals surface area contributed by atoms with Gasteiger partial charge in [-0.2, -0.15) is 0 Å². The third kappa shape index (κ3) is 4.64. The molecule has 0 aromatic heterocycles. The first-order chi connectivity index (χ1) is 12.4. The van der Waals surface area contributed by atoms with Crippen LogP contribution in [-0.2, 0) is 21.1 Å². The van der Waals surface area contributed by atoms with E-state index in [1.54, 1.807) is 24.3 Å². The molecule has 1 aromatic carbocycles. The van der Waals surface area contributed by atoms with Gasteiger partial charge in [0.05, 0.1) is 11.3 Å². The van der Waals surface area contributed by atoms with Crippen molar-refractivity contribution in [2.75, 3.05) is 45.6 Å². The van der Waals surface area contributed by atoms with E-state index in [4.69, 9.17) is 0 Å². The summed E-state index contributed by atoms with van der Waals surface area (Å²) in [5.74, 6) is 0.515. The number of carbonyl (C=O) groups excluding carboxylic acids is 1. The second-order valence-corrected chi connectivity index (χ2v) is 9.62. The van der Waals surface area contributed by atoms with Gasteiger partial charge in [0.25, 0.3) is 0 Å². The molecule has 2 heterocycles. The summed E-state index contributed by atoms with van der Waals surface area (Å²) in [7, 11) is -3.22. The molecule has 144 valence electrons. The molecule has 2 aliphatic rings. The predicted octanol–water partition coefficient (Wildman–Crippen LogP) is 0.795. The number of aliphatic hydroxyl groups is 1. The Hall–Kier alpha value is -1.44. The third-order valence-electron chi connectivity index (χ3n) is 5.56. The molecule has 2 saturated heterocycles. The van der Waals surface area contributed by atoms with E-state index in [-0.39, 0.29) is 29.7 Å². The summed E-state index contributed by atoms with van der Waals surface area (Å²) in [5, 5.41) is 9.69. The van der Waals surface area contributed by atoms with Crippen molar-refractivity contribution in [3.63, 3.8) is 0 Å². The minimum Gasteiger partial charge on any atom is -0.396 e. The van der Waals surface area contributed by atoms with E-state index in [0.717, 1.165) is 25.2 Å². The number of likely N-dealkylation sites (tertiary alicyclic amines) is 2. The number of hydrogen-bond donors (Lipinski definition) is 1. The van der Waals surface area contributed by atoms with Crippen LogP contribution in [0.25, 0.3) is 0 Å². The standard InChI is InChI=1S/C19H28N2O4S/c1-26(24,25)18-6-4-15(5-7-18)10-19(23)21-12-16(17(13-21)14-22)11-20-8-2-3-9-20/h4-7,16-17,22H,2-3,8-14H2,1H3/t16-,17-/m1/s1. The van der Waals surface area contributed by atoms with Gasteiger partial charge >= 0.3 is 0 Å². The average Bonchev–Trinajstić information content (AvgIpc) is 3.24. The Balaban J connectivity index is 1.59. The van der Waals surface area contributed by atoms with Gasteiger partial charge < -0.3 is 14.9 Å². The van der Waals surface area contributed by atoms with Crippen LogP contribution in [0.3, 0.4) is 0 Å². The fourth-order valence-corrected chi connectivity index (χ4v) is 4.62. The van der Waals surface area contributed by atoms with Gasteiger partial charge in [0.15, 0.2) is 9.84 Å². The first-order valence-corrected chi connectivity index (χ1v) is 11.2. The zero-order chi connectivity index (χ0) is 18.7. The van der Waals surface area contributed by atoms with Gasteiger partial charge in [-0.1, -0.05) is 12.1 Å². The largest absolute Gasteiger partial charge is 0.396 e. The van der Waals surface area contributed by atoms with Crippen molar-refractivity contribution in [3.8, 4) is 0 Å². The third-order valence-corrected chi connectivity index (χ3v) is 6.69. The van der Waals surface area contributed by atoms with Crippen molar-refractivity contribution in [2.45, 2.75) is 24.2 Å². The number of amides is 1. The number of carbonyl (C=O) groups is 1. The Morgan fingerprint density at radius 3 is 2.31 bits per heavy atom. The van der Waals surface area contributed by atoms with E-state index in [1.807, 2.05) is 4.90 Å². The maximum atomic E-state index is 12.7. The summed E-state index contributed by atoms with van der Waals surface area (Å²) >= 11 is 0. The molecule has 1 amide bonds. The molecule has 3 rings (SSSR count). The minimum atomic E-state index is -3.22. The van der Waals surface area contributed by atoms with Crippen molar-refractivity contribution in [1.29, 1.82) is 0 Å². The molecule has 0 saturated carbocycles. The van der Waals surface area contributed by atoms with Gasteiger partial charge in [-0.15, -0.1) is 0 Å². The summed E-state index contributed by atoms with van der Waals surface area (Å²) in [6, 6.07) is 6.51. The number of aliphatic hydroxyl groups excluding tert-OH is 1. The highest BCUT2D eigenvalue weighted by Crippen LogP contribution is 2.26. The van der Waals surface area contributed by atoms with Gasteiger partial charge in [0.1, 0.15) is 0 Å². The van der Waals surface area contributed by atoms with Crippen molar-refractivity contribution in [2.24, 2.45) is 11.8 Å². The van der Waals surface area contributed by atoms with E-state index in [9.17, 15) is 18.3 Å². The number of sulfone groups is 1. The first kappa shape index (κ1) is 19.3. The Morgan fingerprint density at radius 1 is 1.12 bits per heavy atom. The quantitative estimate of drug-likeness (QED) is 0.790. The number of benzene rings is 1. The lowest BCUT2D eigenvalue weighted by atomic mass is 9.96. The predicted molar refractivity (Wildman–Crippen MR) is 99.6 cm³/mol. The Labute approximate surface area is 155 Å². The highest BCUT2D eigenvalue weighted by atomic mass is 32.2. The van der Waals surface area contributed by atoms with E-state index in [1.165, 1.54) is 19.1 Å². The minimum absolute atomic E-state index is 0.0412. The van der Waals surface area contributed by atoms with Crippen LogP contribution >= 0.6 is 0 Å². The van der Waals surface area contributed by atoms with Crippen LogP contribution in [0.5, 0.6) is 0 Å². The maximum absolute atomic E-state index is 12.7. The van der Waals surface area contributed by atoms with E-state index < -0.39 is 9.84 Å². The zero-order valence-electron chi connectivity index (χ0n) is 15.3. The molecule has 7 heteroatoms. The van der Waals surface area contributed by atoms with Crippen LogP contribution < -0.4 is 0 Å². The summed E-state index contributed by atoms with van der Waals surface area (Å²) < 4.78 is 23.0.